The molecule has 0 aliphatic heterocycles. The Morgan fingerprint density at radius 1 is 1.09 bits per heavy atom. The number of hydrogen-bond acceptors (Lipinski definition) is 6. The Morgan fingerprint density at radius 3 is 2.61 bits per heavy atom. The second-order valence-corrected chi connectivity index (χ2v) is 4.62. The summed E-state index contributed by atoms with van der Waals surface area (Å²) in [6.45, 7) is 0. The number of aromatic nitrogens is 2. The lowest BCUT2D eigenvalue weighted by atomic mass is 10.2. The normalized spacial score (nSPS) is 10.3. The minimum Gasteiger partial charge on any atom is -0.337 e. The Morgan fingerprint density at radius 2 is 1.87 bits per heavy atom. The molecule has 2 aromatic carbocycles. The summed E-state index contributed by atoms with van der Waals surface area (Å²) in [6.07, 6.45) is 2.06. The zero-order chi connectivity index (χ0) is 16.2. The third-order valence-electron chi connectivity index (χ3n) is 3.14. The van der Waals surface area contributed by atoms with Crippen LogP contribution in [0.5, 0.6) is 0 Å². The van der Waals surface area contributed by atoms with Crippen LogP contribution in [0.2, 0.25) is 0 Å². The lowest BCUT2D eigenvalue weighted by Crippen LogP contribution is -2.01. The molecule has 1 heterocycles. The SMILES string of the molecule is O=CNc1ccccc1Nc1cnc2cc([N+](=O)[O-])ccc2n1. The summed E-state index contributed by atoms with van der Waals surface area (Å²) in [7, 11) is 0. The molecular weight excluding hydrogens is 298 g/mol. The van der Waals surface area contributed by atoms with Gasteiger partial charge in [0.2, 0.25) is 6.41 Å². The van der Waals surface area contributed by atoms with Crippen LogP contribution < -0.4 is 10.6 Å². The highest BCUT2D eigenvalue weighted by Crippen LogP contribution is 2.25. The van der Waals surface area contributed by atoms with Crippen LogP contribution >= 0.6 is 0 Å². The van der Waals surface area contributed by atoms with Crippen LogP contribution in [0.25, 0.3) is 11.0 Å². The summed E-state index contributed by atoms with van der Waals surface area (Å²) < 4.78 is 0. The molecule has 0 saturated carbocycles. The topological polar surface area (TPSA) is 110 Å². The van der Waals surface area contributed by atoms with Gasteiger partial charge in [0.25, 0.3) is 5.69 Å². The number of nitro groups is 1. The maximum absolute atomic E-state index is 10.8. The van der Waals surface area contributed by atoms with E-state index in [9.17, 15) is 14.9 Å². The lowest BCUT2D eigenvalue weighted by Gasteiger charge is -2.10. The molecule has 0 saturated heterocycles. The number of carbonyl (C=O) groups is 1. The molecule has 0 radical (unpaired) electrons. The van der Waals surface area contributed by atoms with Gasteiger partial charge in [0, 0.05) is 12.1 Å². The maximum Gasteiger partial charge on any atom is 0.271 e. The van der Waals surface area contributed by atoms with Gasteiger partial charge in [0.05, 0.1) is 33.5 Å². The maximum atomic E-state index is 10.8. The summed E-state index contributed by atoms with van der Waals surface area (Å²) in [5.74, 6) is 0.464. The molecule has 3 rings (SSSR count). The van der Waals surface area contributed by atoms with Gasteiger partial charge >= 0.3 is 0 Å². The van der Waals surface area contributed by atoms with Crippen molar-refractivity contribution in [3.8, 4) is 0 Å². The first kappa shape index (κ1) is 14.4. The Balaban J connectivity index is 1.94. The van der Waals surface area contributed by atoms with Crippen LogP contribution in [0.15, 0.2) is 48.7 Å². The molecule has 1 amide bonds. The van der Waals surface area contributed by atoms with Gasteiger partial charge in [-0.2, -0.15) is 0 Å². The van der Waals surface area contributed by atoms with E-state index in [4.69, 9.17) is 0 Å². The Hall–Kier alpha value is -3.55. The third-order valence-corrected chi connectivity index (χ3v) is 3.14. The zero-order valence-electron chi connectivity index (χ0n) is 11.8. The molecule has 23 heavy (non-hydrogen) atoms. The van der Waals surface area contributed by atoms with Gasteiger partial charge in [-0.1, -0.05) is 12.1 Å². The second kappa shape index (κ2) is 6.06. The van der Waals surface area contributed by atoms with Crippen LogP contribution in [0.1, 0.15) is 0 Å². The highest BCUT2D eigenvalue weighted by atomic mass is 16.6. The number of anilines is 3. The molecule has 0 fully saturated rings. The van der Waals surface area contributed by atoms with Gasteiger partial charge in [-0.05, 0) is 18.2 Å². The fourth-order valence-corrected chi connectivity index (χ4v) is 2.09. The van der Waals surface area contributed by atoms with Gasteiger partial charge in [-0.25, -0.2) is 4.98 Å². The fraction of sp³-hybridized carbons (Fsp3) is 0. The van der Waals surface area contributed by atoms with Crippen molar-refractivity contribution in [2.45, 2.75) is 0 Å². The van der Waals surface area contributed by atoms with Crippen LogP contribution in [-0.4, -0.2) is 21.3 Å². The molecule has 2 N–H and O–H groups in total. The number of rotatable bonds is 5. The van der Waals surface area contributed by atoms with Crippen molar-refractivity contribution in [1.82, 2.24) is 9.97 Å². The van der Waals surface area contributed by atoms with E-state index in [-0.39, 0.29) is 5.69 Å². The Labute approximate surface area is 130 Å². The van der Waals surface area contributed by atoms with E-state index in [2.05, 4.69) is 20.6 Å². The summed E-state index contributed by atoms with van der Waals surface area (Å²) in [4.78, 5) is 29.4. The molecule has 0 spiro atoms. The van der Waals surface area contributed by atoms with Crippen molar-refractivity contribution in [2.24, 2.45) is 0 Å². The van der Waals surface area contributed by atoms with E-state index < -0.39 is 4.92 Å². The fourth-order valence-electron chi connectivity index (χ4n) is 2.09. The number of para-hydroxylation sites is 2. The van der Waals surface area contributed by atoms with Crippen molar-refractivity contribution in [3.05, 3.63) is 58.8 Å². The van der Waals surface area contributed by atoms with Crippen molar-refractivity contribution >= 4 is 40.3 Å². The number of hydrogen-bond donors (Lipinski definition) is 2. The average Bonchev–Trinajstić information content (AvgIpc) is 2.56. The van der Waals surface area contributed by atoms with Crippen LogP contribution in [0.4, 0.5) is 22.9 Å². The largest absolute Gasteiger partial charge is 0.337 e. The molecule has 0 aliphatic rings. The van der Waals surface area contributed by atoms with Gasteiger partial charge < -0.3 is 10.6 Å². The number of benzene rings is 2. The number of nitrogens with one attached hydrogen (secondary N) is 2. The number of amides is 1. The Bertz CT molecular complexity index is 897. The monoisotopic (exact) mass is 309 g/mol. The smallest absolute Gasteiger partial charge is 0.271 e. The van der Waals surface area contributed by atoms with Crippen molar-refractivity contribution in [3.63, 3.8) is 0 Å². The second-order valence-electron chi connectivity index (χ2n) is 4.62. The van der Waals surface area contributed by atoms with E-state index in [1.807, 2.05) is 6.07 Å². The third kappa shape index (κ3) is 3.05. The highest BCUT2D eigenvalue weighted by Gasteiger charge is 2.09. The predicted octanol–water partition coefficient (Wildman–Crippen LogP) is 2.85. The predicted molar refractivity (Wildman–Crippen MR) is 85.6 cm³/mol. The number of non-ortho nitro benzene ring substituents is 1. The summed E-state index contributed by atoms with van der Waals surface area (Å²) in [6, 6.07) is 11.4. The van der Waals surface area contributed by atoms with Crippen LogP contribution in [0.3, 0.4) is 0 Å². The first-order valence-corrected chi connectivity index (χ1v) is 6.65. The molecule has 3 aromatic rings. The van der Waals surface area contributed by atoms with Gasteiger partial charge in [0.15, 0.2) is 0 Å². The highest BCUT2D eigenvalue weighted by molar-refractivity contribution is 5.84. The van der Waals surface area contributed by atoms with Gasteiger partial charge in [0.1, 0.15) is 5.82 Å². The molecule has 0 aliphatic carbocycles. The molecular formula is C15H11N5O3. The number of fused-ring (bicyclic) bond motifs is 1. The molecule has 1 aromatic heterocycles. The molecule has 8 heteroatoms. The number of carbonyl (C=O) groups excluding carboxylic acids is 1. The van der Waals surface area contributed by atoms with Crippen LogP contribution in [-0.2, 0) is 4.79 Å². The van der Waals surface area contributed by atoms with E-state index in [1.54, 1.807) is 24.3 Å². The quantitative estimate of drug-likeness (QED) is 0.426. The average molecular weight is 309 g/mol. The summed E-state index contributed by atoms with van der Waals surface area (Å²) >= 11 is 0. The van der Waals surface area contributed by atoms with Crippen molar-refractivity contribution in [1.29, 1.82) is 0 Å². The molecule has 0 unspecified atom stereocenters. The van der Waals surface area contributed by atoms with Crippen molar-refractivity contribution < 1.29 is 9.72 Å². The molecule has 8 nitrogen and oxygen atoms in total. The van der Waals surface area contributed by atoms with Gasteiger partial charge in [-0.3, -0.25) is 19.9 Å². The number of nitrogens with zero attached hydrogens (tertiary/aromatic N) is 3. The minimum absolute atomic E-state index is 0.0342. The molecule has 114 valence electrons. The van der Waals surface area contributed by atoms with E-state index in [1.165, 1.54) is 18.3 Å². The number of nitro benzene ring substituents is 1. The van der Waals surface area contributed by atoms with Crippen LogP contribution in [0, 0.1) is 10.1 Å². The van der Waals surface area contributed by atoms with E-state index in [0.717, 1.165) is 0 Å². The first-order valence-electron chi connectivity index (χ1n) is 6.65. The lowest BCUT2D eigenvalue weighted by molar-refractivity contribution is -0.384. The summed E-state index contributed by atoms with van der Waals surface area (Å²) in [5, 5.41) is 16.4. The van der Waals surface area contributed by atoms with E-state index >= 15 is 0 Å². The molecule has 0 atom stereocenters. The zero-order valence-corrected chi connectivity index (χ0v) is 11.8. The minimum atomic E-state index is -0.478. The van der Waals surface area contributed by atoms with Gasteiger partial charge in [-0.15, -0.1) is 0 Å². The van der Waals surface area contributed by atoms with Crippen molar-refractivity contribution in [2.75, 3.05) is 10.6 Å². The summed E-state index contributed by atoms with van der Waals surface area (Å²) in [5.41, 5.74) is 2.20. The van der Waals surface area contributed by atoms with E-state index in [0.29, 0.717) is 34.6 Å². The standard InChI is InChI=1S/C15H11N5O3/c21-9-17-11-3-1-2-4-12(11)18-15-8-16-14-7-10(20(22)23)5-6-13(14)19-15/h1-9H,(H,17,21)(H,18,19). The first-order chi connectivity index (χ1) is 11.2. The molecule has 0 bridgehead atoms. The Kier molecular flexibility index (Phi) is 3.79.